The number of aromatic amines is 1. The van der Waals surface area contributed by atoms with E-state index in [-0.39, 0.29) is 24.1 Å². The van der Waals surface area contributed by atoms with Crippen molar-refractivity contribution in [3.8, 4) is 11.3 Å². The minimum Gasteiger partial charge on any atom is -0.356 e. The molecule has 1 aliphatic heterocycles. The maximum Gasteiger partial charge on any atom is 0.227 e. The number of piperidine rings is 1. The Hall–Kier alpha value is -2.96. The van der Waals surface area contributed by atoms with Gasteiger partial charge in [-0.2, -0.15) is 5.10 Å². The summed E-state index contributed by atoms with van der Waals surface area (Å²) in [5.41, 5.74) is 3.51. The Bertz CT molecular complexity index is 932. The molecule has 1 aromatic carbocycles. The van der Waals surface area contributed by atoms with Gasteiger partial charge in [0.05, 0.1) is 29.6 Å². The molecular weight excluding hydrogens is 347 g/mol. The van der Waals surface area contributed by atoms with Gasteiger partial charge in [-0.3, -0.25) is 9.89 Å². The number of nitrogens with zero attached hydrogens (tertiary/aromatic N) is 3. The summed E-state index contributed by atoms with van der Waals surface area (Å²) in [4.78, 5) is 14.6. The van der Waals surface area contributed by atoms with Gasteiger partial charge in [0.25, 0.3) is 0 Å². The molecule has 0 spiro atoms. The molecule has 7 heteroatoms. The minimum absolute atomic E-state index is 0.0582. The third kappa shape index (κ3) is 3.77. The van der Waals surface area contributed by atoms with Gasteiger partial charge >= 0.3 is 0 Å². The van der Waals surface area contributed by atoms with Crippen LogP contribution in [0.3, 0.4) is 0 Å². The van der Waals surface area contributed by atoms with Crippen molar-refractivity contribution in [1.29, 1.82) is 0 Å². The van der Waals surface area contributed by atoms with Crippen LogP contribution < -0.4 is 0 Å². The average molecular weight is 368 g/mol. The monoisotopic (exact) mass is 368 g/mol. The van der Waals surface area contributed by atoms with Crippen LogP contribution in [-0.2, 0) is 11.2 Å². The summed E-state index contributed by atoms with van der Waals surface area (Å²) in [5, 5.41) is 11.2. The SMILES string of the molecule is Cc1cc(-c2cn[nH]c2C2CCCN(C(=O)Cc3ccc(F)cc3)C2)on1. The third-order valence-electron chi connectivity index (χ3n) is 5.01. The number of halogens is 1. The average Bonchev–Trinajstić information content (AvgIpc) is 3.32. The molecule has 0 radical (unpaired) electrons. The van der Waals surface area contributed by atoms with Gasteiger partial charge < -0.3 is 9.42 Å². The van der Waals surface area contributed by atoms with Crippen molar-refractivity contribution in [2.24, 2.45) is 0 Å². The fourth-order valence-corrected chi connectivity index (χ4v) is 3.62. The summed E-state index contributed by atoms with van der Waals surface area (Å²) in [7, 11) is 0. The third-order valence-corrected chi connectivity index (χ3v) is 5.01. The highest BCUT2D eigenvalue weighted by atomic mass is 19.1. The first-order valence-electron chi connectivity index (χ1n) is 9.09. The van der Waals surface area contributed by atoms with E-state index in [1.807, 2.05) is 17.9 Å². The van der Waals surface area contributed by atoms with E-state index < -0.39 is 0 Å². The zero-order valence-electron chi connectivity index (χ0n) is 15.1. The Kier molecular flexibility index (Phi) is 4.75. The Morgan fingerprint density at radius 1 is 1.37 bits per heavy atom. The van der Waals surface area contributed by atoms with Crippen molar-refractivity contribution in [3.05, 3.63) is 59.3 Å². The van der Waals surface area contributed by atoms with Crippen LogP contribution in [-0.4, -0.2) is 39.3 Å². The number of aromatic nitrogens is 3. The van der Waals surface area contributed by atoms with Gasteiger partial charge in [-0.15, -0.1) is 0 Å². The van der Waals surface area contributed by atoms with Crippen LogP contribution in [0.25, 0.3) is 11.3 Å². The Balaban J connectivity index is 1.48. The number of rotatable bonds is 4. The van der Waals surface area contributed by atoms with E-state index in [0.717, 1.165) is 41.9 Å². The van der Waals surface area contributed by atoms with E-state index in [1.165, 1.54) is 12.1 Å². The Morgan fingerprint density at radius 3 is 2.93 bits per heavy atom. The fraction of sp³-hybridized carbons (Fsp3) is 0.350. The lowest BCUT2D eigenvalue weighted by molar-refractivity contribution is -0.131. The van der Waals surface area contributed by atoms with Gasteiger partial charge in [0.15, 0.2) is 5.76 Å². The van der Waals surface area contributed by atoms with Gasteiger partial charge in [-0.05, 0) is 37.5 Å². The molecule has 1 fully saturated rings. The number of nitrogens with one attached hydrogen (secondary N) is 1. The van der Waals surface area contributed by atoms with Crippen LogP contribution in [0.2, 0.25) is 0 Å². The largest absolute Gasteiger partial charge is 0.356 e. The van der Waals surface area contributed by atoms with Crippen LogP contribution >= 0.6 is 0 Å². The van der Waals surface area contributed by atoms with Crippen LogP contribution in [0, 0.1) is 12.7 Å². The highest BCUT2D eigenvalue weighted by molar-refractivity contribution is 5.79. The number of carbonyl (C=O) groups excluding carboxylic acids is 1. The number of hydrogen-bond acceptors (Lipinski definition) is 4. The van der Waals surface area contributed by atoms with Crippen molar-refractivity contribution >= 4 is 5.91 Å². The van der Waals surface area contributed by atoms with Gasteiger partial charge in [0.2, 0.25) is 5.91 Å². The van der Waals surface area contributed by atoms with Crippen molar-refractivity contribution in [3.63, 3.8) is 0 Å². The second-order valence-electron chi connectivity index (χ2n) is 7.01. The predicted molar refractivity (Wildman–Crippen MR) is 97.5 cm³/mol. The lowest BCUT2D eigenvalue weighted by atomic mass is 9.91. The van der Waals surface area contributed by atoms with Gasteiger partial charge in [0, 0.05) is 25.1 Å². The zero-order valence-corrected chi connectivity index (χ0v) is 15.1. The van der Waals surface area contributed by atoms with E-state index in [0.29, 0.717) is 12.3 Å². The van der Waals surface area contributed by atoms with Gasteiger partial charge in [0.1, 0.15) is 5.82 Å². The topological polar surface area (TPSA) is 75.0 Å². The van der Waals surface area contributed by atoms with Crippen molar-refractivity contribution in [2.45, 2.75) is 32.1 Å². The maximum atomic E-state index is 13.0. The standard InChI is InChI=1S/C20H21FN4O2/c1-13-9-18(27-24-13)17-11-22-23-20(17)15-3-2-8-25(12-15)19(26)10-14-4-6-16(21)7-5-14/h4-7,9,11,15H,2-3,8,10,12H2,1H3,(H,22,23). The molecule has 27 heavy (non-hydrogen) atoms. The normalized spacial score (nSPS) is 17.3. The number of carbonyl (C=O) groups is 1. The molecule has 1 saturated heterocycles. The van der Waals surface area contributed by atoms with Crippen molar-refractivity contribution in [2.75, 3.05) is 13.1 Å². The molecule has 1 amide bonds. The zero-order chi connectivity index (χ0) is 18.8. The lowest BCUT2D eigenvalue weighted by Crippen LogP contribution is -2.40. The number of H-pyrrole nitrogens is 1. The lowest BCUT2D eigenvalue weighted by Gasteiger charge is -2.32. The number of aryl methyl sites for hydroxylation is 1. The number of amides is 1. The van der Waals surface area contributed by atoms with Crippen LogP contribution in [0.4, 0.5) is 4.39 Å². The number of hydrogen-bond donors (Lipinski definition) is 1. The first-order chi connectivity index (χ1) is 13.1. The molecule has 0 bridgehead atoms. The van der Waals surface area contributed by atoms with E-state index in [1.54, 1.807) is 18.3 Å². The first-order valence-corrected chi connectivity index (χ1v) is 9.09. The second-order valence-corrected chi connectivity index (χ2v) is 7.01. The van der Waals surface area contributed by atoms with Crippen molar-refractivity contribution in [1.82, 2.24) is 20.3 Å². The molecule has 2 aromatic heterocycles. The first kappa shape index (κ1) is 17.5. The second kappa shape index (κ2) is 7.34. The van der Waals surface area contributed by atoms with Crippen LogP contribution in [0.15, 0.2) is 41.1 Å². The summed E-state index contributed by atoms with van der Waals surface area (Å²) in [6.45, 7) is 3.24. The minimum atomic E-state index is -0.293. The summed E-state index contributed by atoms with van der Waals surface area (Å²) in [6.07, 6.45) is 3.93. The number of likely N-dealkylation sites (tertiary alicyclic amines) is 1. The molecule has 1 aliphatic rings. The van der Waals surface area contributed by atoms with Crippen molar-refractivity contribution < 1.29 is 13.7 Å². The quantitative estimate of drug-likeness (QED) is 0.765. The maximum absolute atomic E-state index is 13.0. The molecule has 1 unspecified atom stereocenters. The molecule has 3 aromatic rings. The summed E-state index contributed by atoms with van der Waals surface area (Å²) >= 11 is 0. The number of benzene rings is 1. The van der Waals surface area contributed by atoms with Crippen LogP contribution in [0.1, 0.15) is 35.7 Å². The molecule has 0 aliphatic carbocycles. The molecule has 140 valence electrons. The highest BCUT2D eigenvalue weighted by Gasteiger charge is 2.28. The van der Waals surface area contributed by atoms with E-state index >= 15 is 0 Å². The summed E-state index contributed by atoms with van der Waals surface area (Å²) in [6, 6.07) is 7.98. The molecular formula is C20H21FN4O2. The smallest absolute Gasteiger partial charge is 0.227 e. The molecule has 6 nitrogen and oxygen atoms in total. The summed E-state index contributed by atoms with van der Waals surface area (Å²) < 4.78 is 18.4. The van der Waals surface area contributed by atoms with E-state index in [4.69, 9.17) is 4.52 Å². The highest BCUT2D eigenvalue weighted by Crippen LogP contribution is 2.33. The summed E-state index contributed by atoms with van der Waals surface area (Å²) in [5.74, 6) is 0.617. The predicted octanol–water partition coefficient (Wildman–Crippen LogP) is 3.46. The van der Waals surface area contributed by atoms with Crippen LogP contribution in [0.5, 0.6) is 0 Å². The Morgan fingerprint density at radius 2 is 2.19 bits per heavy atom. The van der Waals surface area contributed by atoms with E-state index in [9.17, 15) is 9.18 Å². The van der Waals surface area contributed by atoms with Gasteiger partial charge in [-0.1, -0.05) is 17.3 Å². The molecule has 1 N–H and O–H groups in total. The molecule has 0 saturated carbocycles. The molecule has 1 atom stereocenters. The fourth-order valence-electron chi connectivity index (χ4n) is 3.62. The van der Waals surface area contributed by atoms with Gasteiger partial charge in [-0.25, -0.2) is 4.39 Å². The van der Waals surface area contributed by atoms with E-state index in [2.05, 4.69) is 15.4 Å². The Labute approximate surface area is 156 Å². The molecule has 4 rings (SSSR count). The molecule has 3 heterocycles.